The van der Waals surface area contributed by atoms with Crippen LogP contribution in [0.15, 0.2) is 28.9 Å². The van der Waals surface area contributed by atoms with Crippen molar-refractivity contribution in [3.63, 3.8) is 0 Å². The second-order valence-corrected chi connectivity index (χ2v) is 4.47. The van der Waals surface area contributed by atoms with E-state index in [9.17, 15) is 0 Å². The minimum atomic E-state index is 0.321. The average molecular weight is 263 g/mol. The van der Waals surface area contributed by atoms with Crippen LogP contribution in [0.5, 0.6) is 0 Å². The number of nitrogens with one attached hydrogen (secondary N) is 1. The van der Waals surface area contributed by atoms with Crippen LogP contribution in [0, 0.1) is 0 Å². The highest BCUT2D eigenvalue weighted by molar-refractivity contribution is 6.31. The quantitative estimate of drug-likeness (QED) is 0.771. The van der Waals surface area contributed by atoms with E-state index in [2.05, 4.69) is 15.0 Å². The Labute approximate surface area is 108 Å². The lowest BCUT2D eigenvalue weighted by Gasteiger charge is -2.09. The Bertz CT molecular complexity index is 701. The first-order chi connectivity index (χ1) is 8.65. The van der Waals surface area contributed by atoms with Crippen molar-refractivity contribution in [1.29, 1.82) is 0 Å². The van der Waals surface area contributed by atoms with Crippen molar-refractivity contribution in [3.8, 4) is 11.4 Å². The summed E-state index contributed by atoms with van der Waals surface area (Å²) in [6, 6.07) is 5.65. The highest BCUT2D eigenvalue weighted by Crippen LogP contribution is 2.28. The number of nitrogens with zero attached hydrogens (tertiary/aromatic N) is 3. The van der Waals surface area contributed by atoms with Gasteiger partial charge in [-0.3, -0.25) is 0 Å². The van der Waals surface area contributed by atoms with Crippen molar-refractivity contribution in [1.82, 2.24) is 15.0 Å². The molecular formula is C12H11ClN4O. The van der Waals surface area contributed by atoms with Crippen LogP contribution in [0.4, 0.5) is 5.82 Å². The van der Waals surface area contributed by atoms with E-state index in [1.165, 1.54) is 6.26 Å². The number of imidazole rings is 1. The predicted octanol–water partition coefficient (Wildman–Crippen LogP) is 2.94. The van der Waals surface area contributed by atoms with E-state index in [1.54, 1.807) is 6.07 Å². The minimum absolute atomic E-state index is 0.321. The van der Waals surface area contributed by atoms with E-state index in [0.29, 0.717) is 16.7 Å². The zero-order chi connectivity index (χ0) is 12.7. The summed E-state index contributed by atoms with van der Waals surface area (Å²) in [4.78, 5) is 14.0. The number of anilines is 1. The standard InChI is InChI=1S/C12H11ClN4O/c1-17(2)9-4-3-8-12(15-9)16-11(14-8)7-5-6-18-10(7)13/h3-6H,1-2H3,(H,14,15,16). The maximum atomic E-state index is 5.93. The van der Waals surface area contributed by atoms with Gasteiger partial charge in [0.05, 0.1) is 17.3 Å². The molecule has 0 saturated carbocycles. The third kappa shape index (κ3) is 1.73. The van der Waals surface area contributed by atoms with E-state index < -0.39 is 0 Å². The summed E-state index contributed by atoms with van der Waals surface area (Å²) >= 11 is 5.93. The fraction of sp³-hybridized carbons (Fsp3) is 0.167. The summed E-state index contributed by atoms with van der Waals surface area (Å²) in [5.41, 5.74) is 2.27. The van der Waals surface area contributed by atoms with Crippen molar-refractivity contribution in [3.05, 3.63) is 29.7 Å². The number of fused-ring (bicyclic) bond motifs is 1. The summed E-state index contributed by atoms with van der Waals surface area (Å²) in [5, 5.41) is 0.321. The smallest absolute Gasteiger partial charge is 0.203 e. The average Bonchev–Trinajstić information content (AvgIpc) is 2.92. The number of rotatable bonds is 2. The minimum Gasteiger partial charge on any atom is -0.452 e. The zero-order valence-electron chi connectivity index (χ0n) is 9.94. The van der Waals surface area contributed by atoms with E-state index in [-0.39, 0.29) is 0 Å². The molecule has 1 N–H and O–H groups in total. The third-order valence-corrected chi connectivity index (χ3v) is 2.96. The predicted molar refractivity (Wildman–Crippen MR) is 70.9 cm³/mol. The molecule has 0 atom stereocenters. The number of furan rings is 1. The highest BCUT2D eigenvalue weighted by atomic mass is 35.5. The molecule has 0 saturated heterocycles. The molecule has 92 valence electrons. The molecule has 0 aliphatic rings. The molecule has 3 aromatic heterocycles. The van der Waals surface area contributed by atoms with E-state index >= 15 is 0 Å². The molecule has 6 heteroatoms. The van der Waals surface area contributed by atoms with Crippen LogP contribution in [-0.4, -0.2) is 29.0 Å². The third-order valence-electron chi connectivity index (χ3n) is 2.66. The van der Waals surface area contributed by atoms with E-state index in [4.69, 9.17) is 16.0 Å². The van der Waals surface area contributed by atoms with E-state index in [0.717, 1.165) is 16.9 Å². The molecule has 0 aliphatic heterocycles. The molecule has 0 radical (unpaired) electrons. The zero-order valence-corrected chi connectivity index (χ0v) is 10.7. The Kier molecular flexibility index (Phi) is 2.48. The van der Waals surface area contributed by atoms with Crippen LogP contribution in [-0.2, 0) is 0 Å². The van der Waals surface area contributed by atoms with Crippen molar-refractivity contribution in [2.75, 3.05) is 19.0 Å². The van der Waals surface area contributed by atoms with Gasteiger partial charge in [0.15, 0.2) is 5.65 Å². The van der Waals surface area contributed by atoms with Gasteiger partial charge in [0.25, 0.3) is 0 Å². The molecule has 0 aliphatic carbocycles. The fourth-order valence-corrected chi connectivity index (χ4v) is 1.93. The highest BCUT2D eigenvalue weighted by Gasteiger charge is 2.12. The molecule has 3 rings (SSSR count). The lowest BCUT2D eigenvalue weighted by Crippen LogP contribution is -2.10. The van der Waals surface area contributed by atoms with Crippen molar-refractivity contribution in [2.24, 2.45) is 0 Å². The number of hydrogen-bond acceptors (Lipinski definition) is 4. The summed E-state index contributed by atoms with van der Waals surface area (Å²) in [7, 11) is 3.88. The molecule has 0 fully saturated rings. The molecule has 3 aromatic rings. The van der Waals surface area contributed by atoms with Gasteiger partial charge < -0.3 is 14.3 Å². The van der Waals surface area contributed by atoms with Gasteiger partial charge in [-0.25, -0.2) is 9.97 Å². The van der Waals surface area contributed by atoms with Gasteiger partial charge in [-0.2, -0.15) is 0 Å². The molecule has 0 amide bonds. The summed E-state index contributed by atoms with van der Waals surface area (Å²) in [6.07, 6.45) is 1.53. The molecule has 3 heterocycles. The van der Waals surface area contributed by atoms with Crippen molar-refractivity contribution >= 4 is 28.6 Å². The number of halogens is 1. The first-order valence-electron chi connectivity index (χ1n) is 5.42. The lowest BCUT2D eigenvalue weighted by atomic mass is 10.3. The fourth-order valence-electron chi connectivity index (χ4n) is 1.72. The Morgan fingerprint density at radius 1 is 1.22 bits per heavy atom. The van der Waals surface area contributed by atoms with Gasteiger partial charge in [0.1, 0.15) is 11.6 Å². The SMILES string of the molecule is CN(C)c1ccc2[nH]c(-c3ccoc3Cl)nc2n1. The van der Waals surface area contributed by atoms with Crippen molar-refractivity contribution in [2.45, 2.75) is 0 Å². The molecule has 0 aromatic carbocycles. The summed E-state index contributed by atoms with van der Waals surface area (Å²) < 4.78 is 5.05. The second kappa shape index (κ2) is 4.03. The summed E-state index contributed by atoms with van der Waals surface area (Å²) in [6.45, 7) is 0. The topological polar surface area (TPSA) is 58.0 Å². The Balaban J connectivity index is 2.14. The number of aromatic nitrogens is 3. The van der Waals surface area contributed by atoms with Gasteiger partial charge in [-0.1, -0.05) is 0 Å². The maximum Gasteiger partial charge on any atom is 0.203 e. The van der Waals surface area contributed by atoms with Gasteiger partial charge >= 0.3 is 0 Å². The Morgan fingerprint density at radius 2 is 2.06 bits per heavy atom. The first-order valence-corrected chi connectivity index (χ1v) is 5.80. The molecule has 0 bridgehead atoms. The van der Waals surface area contributed by atoms with Crippen LogP contribution in [0.3, 0.4) is 0 Å². The number of hydrogen-bond donors (Lipinski definition) is 1. The molecular weight excluding hydrogens is 252 g/mol. The normalized spacial score (nSPS) is 11.1. The van der Waals surface area contributed by atoms with Crippen LogP contribution < -0.4 is 4.90 Å². The number of H-pyrrole nitrogens is 1. The Morgan fingerprint density at radius 3 is 2.72 bits per heavy atom. The second-order valence-electron chi connectivity index (χ2n) is 4.13. The van der Waals surface area contributed by atoms with Crippen LogP contribution in [0.1, 0.15) is 0 Å². The monoisotopic (exact) mass is 262 g/mol. The van der Waals surface area contributed by atoms with Crippen LogP contribution >= 0.6 is 11.6 Å². The first kappa shape index (κ1) is 11.1. The largest absolute Gasteiger partial charge is 0.452 e. The van der Waals surface area contributed by atoms with Gasteiger partial charge in [-0.05, 0) is 29.8 Å². The molecule has 0 unspecified atom stereocenters. The Hall–Kier alpha value is -2.01. The maximum absolute atomic E-state index is 5.93. The molecule has 18 heavy (non-hydrogen) atoms. The molecule has 5 nitrogen and oxygen atoms in total. The molecule has 0 spiro atoms. The number of aromatic amines is 1. The van der Waals surface area contributed by atoms with Gasteiger partial charge in [0, 0.05) is 14.1 Å². The van der Waals surface area contributed by atoms with Crippen LogP contribution in [0.2, 0.25) is 5.22 Å². The van der Waals surface area contributed by atoms with Gasteiger partial charge in [-0.15, -0.1) is 0 Å². The van der Waals surface area contributed by atoms with Crippen LogP contribution in [0.25, 0.3) is 22.6 Å². The number of pyridine rings is 1. The van der Waals surface area contributed by atoms with E-state index in [1.807, 2.05) is 31.1 Å². The van der Waals surface area contributed by atoms with Gasteiger partial charge in [0.2, 0.25) is 5.22 Å². The summed E-state index contributed by atoms with van der Waals surface area (Å²) in [5.74, 6) is 1.52. The van der Waals surface area contributed by atoms with Crippen molar-refractivity contribution < 1.29 is 4.42 Å². The lowest BCUT2D eigenvalue weighted by molar-refractivity contribution is 0.570.